The van der Waals surface area contributed by atoms with Gasteiger partial charge in [-0.2, -0.15) is 0 Å². The summed E-state index contributed by atoms with van der Waals surface area (Å²) in [7, 11) is 0. The third-order valence-electron chi connectivity index (χ3n) is 5.11. The SMILES string of the molecule is O=C(OC1C(=O)CCC1=O)c1ccnc(-c2cc(C(=O)OC3C(=O)CCC3=O)ccn2)c1. The molecule has 0 unspecified atom stereocenters. The summed E-state index contributed by atoms with van der Waals surface area (Å²) < 4.78 is 10.1. The number of carbonyl (C=O) groups is 6. The standard InChI is InChI=1S/C22H16N2O8/c25-15-1-2-16(26)19(15)31-21(29)11-5-7-23-13(9-11)14-10-12(6-8-24-14)22(30)32-20-17(27)3-4-18(20)28/h5-10,19-20H,1-4H2. The van der Waals surface area contributed by atoms with Crippen LogP contribution in [0.1, 0.15) is 46.4 Å². The van der Waals surface area contributed by atoms with Crippen molar-refractivity contribution in [2.24, 2.45) is 0 Å². The average Bonchev–Trinajstić information content (AvgIpc) is 3.29. The second-order valence-corrected chi connectivity index (χ2v) is 7.30. The van der Waals surface area contributed by atoms with Crippen LogP contribution in [-0.4, -0.2) is 57.2 Å². The zero-order valence-corrected chi connectivity index (χ0v) is 16.6. The highest BCUT2D eigenvalue weighted by Gasteiger charge is 2.37. The van der Waals surface area contributed by atoms with Crippen LogP contribution in [0.4, 0.5) is 0 Å². The number of hydrogen-bond donors (Lipinski definition) is 0. The molecule has 0 atom stereocenters. The van der Waals surface area contributed by atoms with Crippen molar-refractivity contribution in [2.75, 3.05) is 0 Å². The van der Waals surface area contributed by atoms with Crippen molar-refractivity contribution < 1.29 is 38.2 Å². The Hall–Kier alpha value is -4.08. The number of hydrogen-bond acceptors (Lipinski definition) is 10. The largest absolute Gasteiger partial charge is 0.443 e. The third-order valence-corrected chi connectivity index (χ3v) is 5.11. The van der Waals surface area contributed by atoms with E-state index in [2.05, 4.69) is 9.97 Å². The van der Waals surface area contributed by atoms with E-state index in [0.29, 0.717) is 0 Å². The molecular weight excluding hydrogens is 420 g/mol. The average molecular weight is 436 g/mol. The fourth-order valence-corrected chi connectivity index (χ4v) is 3.38. The lowest BCUT2D eigenvalue weighted by molar-refractivity contribution is -0.134. The number of rotatable bonds is 5. The van der Waals surface area contributed by atoms with Gasteiger partial charge in [0, 0.05) is 38.1 Å². The van der Waals surface area contributed by atoms with E-state index < -0.39 is 47.3 Å². The highest BCUT2D eigenvalue weighted by atomic mass is 16.6. The van der Waals surface area contributed by atoms with Gasteiger partial charge >= 0.3 is 11.9 Å². The van der Waals surface area contributed by atoms with Crippen LogP contribution in [0.3, 0.4) is 0 Å². The molecule has 0 aliphatic heterocycles. The minimum atomic E-state index is -1.39. The molecule has 2 aromatic rings. The monoisotopic (exact) mass is 436 g/mol. The number of aromatic nitrogens is 2. The highest BCUT2D eigenvalue weighted by Crippen LogP contribution is 2.21. The summed E-state index contributed by atoms with van der Waals surface area (Å²) in [5, 5.41) is 0. The summed E-state index contributed by atoms with van der Waals surface area (Å²) >= 11 is 0. The molecule has 10 heteroatoms. The Morgan fingerprint density at radius 1 is 0.656 bits per heavy atom. The van der Waals surface area contributed by atoms with E-state index in [0.717, 1.165) is 0 Å². The lowest BCUT2D eigenvalue weighted by Gasteiger charge is -2.11. The van der Waals surface area contributed by atoms with Gasteiger partial charge in [-0.1, -0.05) is 0 Å². The van der Waals surface area contributed by atoms with E-state index in [-0.39, 0.29) is 48.2 Å². The van der Waals surface area contributed by atoms with Gasteiger partial charge in [-0.25, -0.2) is 9.59 Å². The van der Waals surface area contributed by atoms with Crippen molar-refractivity contribution in [3.63, 3.8) is 0 Å². The molecule has 0 spiro atoms. The molecule has 0 amide bonds. The first-order valence-corrected chi connectivity index (χ1v) is 9.79. The van der Waals surface area contributed by atoms with Gasteiger partial charge in [0.05, 0.1) is 22.5 Å². The van der Waals surface area contributed by atoms with Crippen molar-refractivity contribution in [1.82, 2.24) is 9.97 Å². The maximum Gasteiger partial charge on any atom is 0.339 e. The maximum atomic E-state index is 12.4. The molecule has 2 fully saturated rings. The second kappa shape index (κ2) is 8.58. The molecule has 0 bridgehead atoms. The van der Waals surface area contributed by atoms with E-state index in [1.165, 1.54) is 36.7 Å². The van der Waals surface area contributed by atoms with Gasteiger partial charge in [0.2, 0.25) is 12.2 Å². The summed E-state index contributed by atoms with van der Waals surface area (Å²) in [5.41, 5.74) is 0.510. The number of ether oxygens (including phenoxy) is 2. The molecule has 4 rings (SSSR count). The summed E-state index contributed by atoms with van der Waals surface area (Å²) in [4.78, 5) is 79.8. The zero-order chi connectivity index (χ0) is 22.8. The lowest BCUT2D eigenvalue weighted by Crippen LogP contribution is -2.28. The van der Waals surface area contributed by atoms with Crippen LogP contribution in [0, 0.1) is 0 Å². The molecule has 2 aromatic heterocycles. The maximum absolute atomic E-state index is 12.4. The van der Waals surface area contributed by atoms with Crippen molar-refractivity contribution in [3.05, 3.63) is 47.8 Å². The first-order chi connectivity index (χ1) is 15.3. The number of Topliss-reactive ketones (excluding diaryl/α,β-unsaturated/α-hetero) is 4. The molecule has 10 nitrogen and oxygen atoms in total. The van der Waals surface area contributed by atoms with Crippen LogP contribution in [0.5, 0.6) is 0 Å². The quantitative estimate of drug-likeness (QED) is 0.492. The smallest absolute Gasteiger partial charge is 0.339 e. The van der Waals surface area contributed by atoms with Gasteiger partial charge in [-0.3, -0.25) is 29.1 Å². The molecule has 2 heterocycles. The summed E-state index contributed by atoms with van der Waals surface area (Å²) in [6.45, 7) is 0. The van der Waals surface area contributed by atoms with Crippen molar-refractivity contribution in [2.45, 2.75) is 37.9 Å². The van der Waals surface area contributed by atoms with Gasteiger partial charge in [-0.15, -0.1) is 0 Å². The zero-order valence-electron chi connectivity index (χ0n) is 16.6. The minimum Gasteiger partial charge on any atom is -0.443 e. The van der Waals surface area contributed by atoms with Gasteiger partial charge in [-0.05, 0) is 24.3 Å². The van der Waals surface area contributed by atoms with Crippen LogP contribution < -0.4 is 0 Å². The van der Waals surface area contributed by atoms with E-state index in [4.69, 9.17) is 9.47 Å². The summed E-state index contributed by atoms with van der Waals surface area (Å²) in [6, 6.07) is 5.39. The predicted octanol–water partition coefficient (Wildman–Crippen LogP) is 1.06. The van der Waals surface area contributed by atoms with Gasteiger partial charge in [0.1, 0.15) is 0 Å². The number of nitrogens with zero attached hydrogens (tertiary/aromatic N) is 2. The Kier molecular flexibility index (Phi) is 5.67. The number of esters is 2. The van der Waals surface area contributed by atoms with Crippen LogP contribution in [0.25, 0.3) is 11.4 Å². The normalized spacial score (nSPS) is 17.1. The Labute approximate surface area is 180 Å². The van der Waals surface area contributed by atoms with Crippen LogP contribution in [0.2, 0.25) is 0 Å². The van der Waals surface area contributed by atoms with Gasteiger partial charge in [0.25, 0.3) is 0 Å². The molecule has 0 radical (unpaired) electrons. The van der Waals surface area contributed by atoms with Crippen LogP contribution in [0.15, 0.2) is 36.7 Å². The fourth-order valence-electron chi connectivity index (χ4n) is 3.38. The Bertz CT molecular complexity index is 1050. The molecule has 2 saturated carbocycles. The number of pyridine rings is 2. The Morgan fingerprint density at radius 2 is 1.00 bits per heavy atom. The molecule has 2 aliphatic carbocycles. The van der Waals surface area contributed by atoms with Crippen molar-refractivity contribution >= 4 is 35.1 Å². The molecule has 0 N–H and O–H groups in total. The molecule has 32 heavy (non-hydrogen) atoms. The van der Waals surface area contributed by atoms with Crippen LogP contribution in [-0.2, 0) is 28.7 Å². The van der Waals surface area contributed by atoms with Crippen molar-refractivity contribution in [3.8, 4) is 11.4 Å². The van der Waals surface area contributed by atoms with Crippen molar-refractivity contribution in [1.29, 1.82) is 0 Å². The Balaban J connectivity index is 1.52. The number of carbonyl (C=O) groups excluding carboxylic acids is 6. The third kappa shape index (κ3) is 4.20. The highest BCUT2D eigenvalue weighted by molar-refractivity contribution is 6.13. The predicted molar refractivity (Wildman–Crippen MR) is 104 cm³/mol. The van der Waals surface area contributed by atoms with E-state index in [1.54, 1.807) is 0 Å². The lowest BCUT2D eigenvalue weighted by atomic mass is 10.1. The minimum absolute atomic E-state index is 0.0411. The molecule has 0 saturated heterocycles. The van der Waals surface area contributed by atoms with E-state index in [1.807, 2.05) is 0 Å². The molecule has 162 valence electrons. The van der Waals surface area contributed by atoms with Gasteiger partial charge in [0.15, 0.2) is 23.1 Å². The van der Waals surface area contributed by atoms with E-state index in [9.17, 15) is 28.8 Å². The fraction of sp³-hybridized carbons (Fsp3) is 0.273. The topological polar surface area (TPSA) is 147 Å². The molecule has 2 aliphatic rings. The van der Waals surface area contributed by atoms with E-state index >= 15 is 0 Å². The number of ketones is 4. The second-order valence-electron chi connectivity index (χ2n) is 7.30. The summed E-state index contributed by atoms with van der Waals surface area (Å²) in [5.74, 6) is -3.49. The Morgan fingerprint density at radius 3 is 1.34 bits per heavy atom. The van der Waals surface area contributed by atoms with Gasteiger partial charge < -0.3 is 9.47 Å². The summed E-state index contributed by atoms with van der Waals surface area (Å²) in [6.07, 6.45) is 0.0195. The molecule has 0 aromatic carbocycles. The molecular formula is C22H16N2O8. The first-order valence-electron chi connectivity index (χ1n) is 9.79. The first kappa shape index (κ1) is 21.2. The van der Waals surface area contributed by atoms with Crippen LogP contribution >= 0.6 is 0 Å².